The van der Waals surface area contributed by atoms with E-state index in [0.717, 1.165) is 29.5 Å². The van der Waals surface area contributed by atoms with E-state index >= 15 is 0 Å². The van der Waals surface area contributed by atoms with Gasteiger partial charge in [-0.05, 0) is 62.1 Å². The zero-order valence-electron chi connectivity index (χ0n) is 17.2. The summed E-state index contributed by atoms with van der Waals surface area (Å²) in [6.07, 6.45) is -1.09. The summed E-state index contributed by atoms with van der Waals surface area (Å²) in [5.41, 5.74) is -0.587. The summed E-state index contributed by atoms with van der Waals surface area (Å²) in [5, 5.41) is 6.01. The van der Waals surface area contributed by atoms with Gasteiger partial charge >= 0.3 is 6.18 Å². The minimum Gasteiger partial charge on any atom is -0.497 e. The molecular weight excluding hydrogens is 428 g/mol. The number of carbonyl (C=O) groups is 1. The maximum Gasteiger partial charge on any atom is 0.434 e. The number of benzene rings is 1. The molecule has 32 heavy (non-hydrogen) atoms. The Morgan fingerprint density at radius 1 is 1.12 bits per heavy atom. The maximum atomic E-state index is 14.5. The smallest absolute Gasteiger partial charge is 0.434 e. The van der Waals surface area contributed by atoms with Crippen molar-refractivity contribution in [1.82, 2.24) is 14.7 Å². The lowest BCUT2D eigenvalue weighted by molar-refractivity contribution is -0.140. The predicted molar refractivity (Wildman–Crippen MR) is 110 cm³/mol. The molecular formula is C22H22F4N4O2. The molecule has 1 aliphatic carbocycles. The minimum absolute atomic E-state index is 0.00129. The molecule has 2 aromatic heterocycles. The summed E-state index contributed by atoms with van der Waals surface area (Å²) in [4.78, 5) is 16.1. The van der Waals surface area contributed by atoms with Crippen molar-refractivity contribution < 1.29 is 27.1 Å². The second-order valence-electron chi connectivity index (χ2n) is 7.79. The number of rotatable bonds is 5. The van der Waals surface area contributed by atoms with Crippen LogP contribution in [-0.2, 0) is 6.18 Å². The van der Waals surface area contributed by atoms with E-state index in [1.54, 1.807) is 31.4 Å². The van der Waals surface area contributed by atoms with Crippen LogP contribution in [0.3, 0.4) is 0 Å². The van der Waals surface area contributed by atoms with E-state index in [1.807, 2.05) is 0 Å². The van der Waals surface area contributed by atoms with Crippen LogP contribution in [0.25, 0.3) is 5.65 Å². The summed E-state index contributed by atoms with van der Waals surface area (Å²) in [6.45, 7) is 0. The molecule has 0 bridgehead atoms. The fourth-order valence-corrected chi connectivity index (χ4v) is 3.96. The van der Waals surface area contributed by atoms with E-state index < -0.39 is 17.7 Å². The first-order valence-corrected chi connectivity index (χ1v) is 10.2. The topological polar surface area (TPSA) is 67.7 Å². The number of fused-ring (bicyclic) bond motifs is 1. The third kappa shape index (κ3) is 4.63. The number of aromatic nitrogens is 2. The number of pyridine rings is 1. The molecule has 0 spiro atoms. The molecule has 6 nitrogen and oxygen atoms in total. The highest BCUT2D eigenvalue weighted by Gasteiger charge is 2.34. The number of ether oxygens (including phenoxy) is 1. The van der Waals surface area contributed by atoms with Crippen LogP contribution < -0.4 is 15.4 Å². The molecule has 0 aliphatic heterocycles. The Labute approximate surface area is 181 Å². The van der Waals surface area contributed by atoms with E-state index in [0.29, 0.717) is 24.2 Å². The van der Waals surface area contributed by atoms with Crippen molar-refractivity contribution in [2.24, 2.45) is 0 Å². The Bertz CT molecular complexity index is 1110. The normalized spacial score (nSPS) is 19.0. The molecule has 2 heterocycles. The second-order valence-corrected chi connectivity index (χ2v) is 7.79. The molecule has 3 aromatic rings. The number of anilines is 1. The van der Waals surface area contributed by atoms with Gasteiger partial charge in [0.15, 0.2) is 11.5 Å². The van der Waals surface area contributed by atoms with Gasteiger partial charge in [-0.1, -0.05) is 0 Å². The first-order chi connectivity index (χ1) is 15.2. The first kappa shape index (κ1) is 21.9. The Morgan fingerprint density at radius 3 is 2.53 bits per heavy atom. The van der Waals surface area contributed by atoms with Crippen molar-refractivity contribution in [2.75, 3.05) is 12.4 Å². The second kappa shape index (κ2) is 8.68. The molecule has 4 rings (SSSR count). The summed E-state index contributed by atoms with van der Waals surface area (Å²) in [7, 11) is 1.54. The van der Waals surface area contributed by atoms with Gasteiger partial charge in [0, 0.05) is 23.8 Å². The van der Waals surface area contributed by atoms with Crippen molar-refractivity contribution in [3.8, 4) is 5.75 Å². The molecule has 10 heteroatoms. The van der Waals surface area contributed by atoms with Gasteiger partial charge in [-0.25, -0.2) is 9.37 Å². The molecule has 1 fully saturated rings. The van der Waals surface area contributed by atoms with Gasteiger partial charge in [0.1, 0.15) is 17.2 Å². The highest BCUT2D eigenvalue weighted by atomic mass is 19.4. The first-order valence-electron chi connectivity index (χ1n) is 10.2. The quantitative estimate of drug-likeness (QED) is 0.555. The Balaban J connectivity index is 1.47. The van der Waals surface area contributed by atoms with Crippen LogP contribution in [0.1, 0.15) is 41.7 Å². The summed E-state index contributed by atoms with van der Waals surface area (Å²) in [6, 6.07) is 8.66. The minimum atomic E-state index is -4.62. The molecule has 170 valence electrons. The van der Waals surface area contributed by atoms with Gasteiger partial charge in [0.2, 0.25) is 0 Å². The van der Waals surface area contributed by atoms with Crippen LogP contribution in [0.2, 0.25) is 0 Å². The van der Waals surface area contributed by atoms with E-state index in [4.69, 9.17) is 4.74 Å². The standard InChI is InChI=1S/C22H22F4N4O2/c1-32-16-7-5-13(6-8-16)21(31)28-15-4-2-3-14(11-15)27-20-17(23)9-10-19-29-18(12-30(19)20)22(24,25)26/h5-10,12,14-15,27H,2-4,11H2,1H3,(H,28,31)/t14-,15+/m0/s1. The zero-order valence-corrected chi connectivity index (χ0v) is 17.2. The number of carbonyl (C=O) groups excluding carboxylic acids is 1. The van der Waals surface area contributed by atoms with Crippen molar-refractivity contribution in [1.29, 1.82) is 0 Å². The van der Waals surface area contributed by atoms with Gasteiger partial charge in [0.25, 0.3) is 5.91 Å². The Kier molecular flexibility index (Phi) is 5.94. The number of hydrogen-bond acceptors (Lipinski definition) is 4. The summed E-state index contributed by atoms with van der Waals surface area (Å²) >= 11 is 0. The molecule has 0 saturated heterocycles. The fraction of sp³-hybridized carbons (Fsp3) is 0.364. The molecule has 0 unspecified atom stereocenters. The van der Waals surface area contributed by atoms with Gasteiger partial charge in [0.05, 0.1) is 7.11 Å². The number of methoxy groups -OCH3 is 1. The SMILES string of the molecule is COc1ccc(C(=O)N[C@@H]2CCC[C@H](Nc3c(F)ccc4nc(C(F)(F)F)cn34)C2)cc1. The highest BCUT2D eigenvalue weighted by molar-refractivity contribution is 5.94. The number of alkyl halides is 3. The van der Waals surface area contributed by atoms with Crippen LogP contribution in [0.4, 0.5) is 23.4 Å². The Hall–Kier alpha value is -3.30. The van der Waals surface area contributed by atoms with Crippen LogP contribution in [0.15, 0.2) is 42.6 Å². The predicted octanol–water partition coefficient (Wildman–Crippen LogP) is 4.65. The van der Waals surface area contributed by atoms with E-state index in [2.05, 4.69) is 15.6 Å². The molecule has 0 radical (unpaired) electrons. The van der Waals surface area contributed by atoms with E-state index in [-0.39, 0.29) is 29.5 Å². The molecule has 2 N–H and O–H groups in total. The van der Waals surface area contributed by atoms with E-state index in [9.17, 15) is 22.4 Å². The van der Waals surface area contributed by atoms with Gasteiger partial charge in [-0.15, -0.1) is 0 Å². The van der Waals surface area contributed by atoms with Gasteiger partial charge < -0.3 is 15.4 Å². The van der Waals surface area contributed by atoms with Crippen molar-refractivity contribution in [2.45, 2.75) is 43.9 Å². The molecule has 1 saturated carbocycles. The maximum absolute atomic E-state index is 14.5. The van der Waals surface area contributed by atoms with Gasteiger partial charge in [-0.2, -0.15) is 13.2 Å². The Morgan fingerprint density at radius 2 is 1.84 bits per heavy atom. The van der Waals surface area contributed by atoms with Crippen LogP contribution in [0, 0.1) is 5.82 Å². The van der Waals surface area contributed by atoms with Crippen molar-refractivity contribution >= 4 is 17.4 Å². The number of hydrogen-bond donors (Lipinski definition) is 2. The lowest BCUT2D eigenvalue weighted by atomic mass is 9.90. The molecule has 2 atom stereocenters. The molecule has 1 aromatic carbocycles. The largest absolute Gasteiger partial charge is 0.497 e. The zero-order chi connectivity index (χ0) is 22.9. The summed E-state index contributed by atoms with van der Waals surface area (Å²) in [5.74, 6) is -0.325. The van der Waals surface area contributed by atoms with Crippen LogP contribution in [0.5, 0.6) is 5.75 Å². The average molecular weight is 450 g/mol. The highest BCUT2D eigenvalue weighted by Crippen LogP contribution is 2.31. The van der Waals surface area contributed by atoms with Crippen LogP contribution in [-0.4, -0.2) is 34.5 Å². The number of imidazole rings is 1. The summed E-state index contributed by atoms with van der Waals surface area (Å²) < 4.78 is 59.8. The lowest BCUT2D eigenvalue weighted by Gasteiger charge is -2.31. The number of amides is 1. The lowest BCUT2D eigenvalue weighted by Crippen LogP contribution is -2.42. The van der Waals surface area contributed by atoms with Crippen LogP contribution >= 0.6 is 0 Å². The third-order valence-electron chi connectivity index (χ3n) is 5.57. The number of halogens is 4. The molecule has 1 aliphatic rings. The fourth-order valence-electron chi connectivity index (χ4n) is 3.96. The number of nitrogens with zero attached hydrogens (tertiary/aromatic N) is 2. The molecule has 1 amide bonds. The average Bonchev–Trinajstić information content (AvgIpc) is 3.21. The monoisotopic (exact) mass is 450 g/mol. The van der Waals surface area contributed by atoms with E-state index in [1.165, 1.54) is 6.07 Å². The third-order valence-corrected chi connectivity index (χ3v) is 5.57. The van der Waals surface area contributed by atoms with Gasteiger partial charge in [-0.3, -0.25) is 9.20 Å². The van der Waals surface area contributed by atoms with Crippen molar-refractivity contribution in [3.05, 3.63) is 59.7 Å². The number of nitrogens with one attached hydrogen (secondary N) is 2. The van der Waals surface area contributed by atoms with Crippen molar-refractivity contribution in [3.63, 3.8) is 0 Å².